The molecule has 0 radical (unpaired) electrons. The Bertz CT molecular complexity index is 997. The third kappa shape index (κ3) is 3.40. The average molecular weight is 390 g/mol. The maximum absolute atomic E-state index is 5.28. The van der Waals surface area contributed by atoms with Crippen molar-refractivity contribution in [1.29, 1.82) is 0 Å². The number of nitrogens with zero attached hydrogens (tertiary/aromatic N) is 3. The van der Waals surface area contributed by atoms with Crippen LogP contribution < -0.4 is 9.64 Å². The second kappa shape index (κ2) is 7.75. The standard InChI is InChI=1S/C25H31N3O/c1-19-23(24-7-3-5-20-6-4-13-28(19)25(20)24)12-14-26-15-17-27(18-16-26)21-8-10-22(29-2)11-9-21/h3,5,7-11H,4,6,12-18H2,1-2H3. The van der Waals surface area contributed by atoms with E-state index >= 15 is 0 Å². The van der Waals surface area contributed by atoms with Gasteiger partial charge in [0.05, 0.1) is 12.6 Å². The summed E-state index contributed by atoms with van der Waals surface area (Å²) in [6.45, 7) is 9.12. The Morgan fingerprint density at radius 1 is 0.931 bits per heavy atom. The Morgan fingerprint density at radius 2 is 1.72 bits per heavy atom. The Kier molecular flexibility index (Phi) is 4.96. The second-order valence-corrected chi connectivity index (χ2v) is 8.41. The van der Waals surface area contributed by atoms with Crippen molar-refractivity contribution in [1.82, 2.24) is 9.47 Å². The van der Waals surface area contributed by atoms with E-state index in [-0.39, 0.29) is 0 Å². The summed E-state index contributed by atoms with van der Waals surface area (Å²) >= 11 is 0. The molecule has 1 fully saturated rings. The smallest absolute Gasteiger partial charge is 0.119 e. The molecule has 0 spiro atoms. The monoisotopic (exact) mass is 389 g/mol. The largest absolute Gasteiger partial charge is 0.497 e. The van der Waals surface area contributed by atoms with Gasteiger partial charge in [0.2, 0.25) is 0 Å². The lowest BCUT2D eigenvalue weighted by molar-refractivity contribution is 0.261. The van der Waals surface area contributed by atoms with Crippen LogP contribution in [0.4, 0.5) is 5.69 Å². The maximum Gasteiger partial charge on any atom is 0.119 e. The van der Waals surface area contributed by atoms with Crippen molar-refractivity contribution >= 4 is 16.6 Å². The number of aryl methyl sites for hydroxylation is 2. The molecule has 3 heterocycles. The zero-order chi connectivity index (χ0) is 19.8. The van der Waals surface area contributed by atoms with E-state index in [1.807, 2.05) is 0 Å². The van der Waals surface area contributed by atoms with Crippen molar-refractivity contribution < 1.29 is 4.74 Å². The van der Waals surface area contributed by atoms with Crippen LogP contribution in [0.3, 0.4) is 0 Å². The molecular weight excluding hydrogens is 358 g/mol. The molecule has 0 N–H and O–H groups in total. The minimum absolute atomic E-state index is 0.925. The number of rotatable bonds is 5. The van der Waals surface area contributed by atoms with Crippen LogP contribution in [0, 0.1) is 6.92 Å². The first-order valence-electron chi connectivity index (χ1n) is 11.0. The third-order valence-corrected chi connectivity index (χ3v) is 6.87. The van der Waals surface area contributed by atoms with E-state index in [2.05, 4.69) is 63.8 Å². The number of benzene rings is 2. The van der Waals surface area contributed by atoms with Crippen LogP contribution in [0.15, 0.2) is 42.5 Å². The first kappa shape index (κ1) is 18.6. The lowest BCUT2D eigenvalue weighted by atomic mass is 10.0. The molecule has 0 bridgehead atoms. The van der Waals surface area contributed by atoms with Crippen molar-refractivity contribution in [2.24, 2.45) is 0 Å². The zero-order valence-corrected chi connectivity index (χ0v) is 17.7. The number of aromatic nitrogens is 1. The van der Waals surface area contributed by atoms with E-state index in [9.17, 15) is 0 Å². The molecule has 2 aromatic carbocycles. The number of piperazine rings is 1. The van der Waals surface area contributed by atoms with Gasteiger partial charge in [0.15, 0.2) is 0 Å². The molecule has 4 heteroatoms. The summed E-state index contributed by atoms with van der Waals surface area (Å²) in [6.07, 6.45) is 3.66. The van der Waals surface area contributed by atoms with Gasteiger partial charge in [-0.15, -0.1) is 0 Å². The molecule has 152 valence electrons. The van der Waals surface area contributed by atoms with Crippen LogP contribution in [0.2, 0.25) is 0 Å². The molecule has 29 heavy (non-hydrogen) atoms. The van der Waals surface area contributed by atoms with E-state index < -0.39 is 0 Å². The molecule has 5 rings (SSSR count). The molecule has 0 atom stereocenters. The number of hydrogen-bond donors (Lipinski definition) is 0. The fourth-order valence-corrected chi connectivity index (χ4v) is 5.20. The molecule has 4 nitrogen and oxygen atoms in total. The van der Waals surface area contributed by atoms with Gasteiger partial charge in [0, 0.05) is 56.0 Å². The molecule has 0 aliphatic carbocycles. The van der Waals surface area contributed by atoms with Crippen LogP contribution in [0.25, 0.3) is 10.9 Å². The van der Waals surface area contributed by atoms with Crippen LogP contribution in [-0.4, -0.2) is 49.3 Å². The average Bonchev–Trinajstić information content (AvgIpc) is 3.06. The van der Waals surface area contributed by atoms with Crippen molar-refractivity contribution in [2.75, 3.05) is 44.7 Å². The van der Waals surface area contributed by atoms with Gasteiger partial charge in [-0.2, -0.15) is 0 Å². The quantitative estimate of drug-likeness (QED) is 0.650. The molecule has 0 saturated carbocycles. The van der Waals surface area contributed by atoms with Gasteiger partial charge in [-0.05, 0) is 61.6 Å². The number of hydrogen-bond acceptors (Lipinski definition) is 3. The van der Waals surface area contributed by atoms with Gasteiger partial charge in [-0.3, -0.25) is 4.90 Å². The number of ether oxygens (including phenoxy) is 1. The van der Waals surface area contributed by atoms with Crippen molar-refractivity contribution in [2.45, 2.75) is 32.7 Å². The summed E-state index contributed by atoms with van der Waals surface area (Å²) in [5.41, 5.74) is 7.41. The van der Waals surface area contributed by atoms with Gasteiger partial charge < -0.3 is 14.2 Å². The fourth-order valence-electron chi connectivity index (χ4n) is 5.20. The zero-order valence-electron chi connectivity index (χ0n) is 17.7. The van der Waals surface area contributed by atoms with E-state index in [0.29, 0.717) is 0 Å². The van der Waals surface area contributed by atoms with Crippen molar-refractivity contribution in [3.05, 3.63) is 59.3 Å². The summed E-state index contributed by atoms with van der Waals surface area (Å²) < 4.78 is 7.85. The van der Waals surface area contributed by atoms with E-state index in [1.54, 1.807) is 12.7 Å². The molecule has 1 saturated heterocycles. The molecule has 3 aromatic rings. The maximum atomic E-state index is 5.28. The van der Waals surface area contributed by atoms with Crippen LogP contribution in [-0.2, 0) is 19.4 Å². The second-order valence-electron chi connectivity index (χ2n) is 8.41. The van der Waals surface area contributed by atoms with Crippen LogP contribution >= 0.6 is 0 Å². The number of anilines is 1. The van der Waals surface area contributed by atoms with Gasteiger partial charge in [-0.1, -0.05) is 18.2 Å². The van der Waals surface area contributed by atoms with Gasteiger partial charge in [-0.25, -0.2) is 0 Å². The molecule has 1 aromatic heterocycles. The highest BCUT2D eigenvalue weighted by Crippen LogP contribution is 2.33. The third-order valence-electron chi connectivity index (χ3n) is 6.87. The molecule has 0 amide bonds. The highest BCUT2D eigenvalue weighted by molar-refractivity contribution is 5.88. The Hall–Kier alpha value is -2.46. The first-order valence-corrected chi connectivity index (χ1v) is 11.0. The summed E-state index contributed by atoms with van der Waals surface area (Å²) in [5, 5.41) is 1.50. The van der Waals surface area contributed by atoms with E-state index in [0.717, 1.165) is 44.9 Å². The lowest BCUT2D eigenvalue weighted by Crippen LogP contribution is -2.47. The minimum atomic E-state index is 0.925. The summed E-state index contributed by atoms with van der Waals surface area (Å²) in [7, 11) is 1.72. The fraction of sp³-hybridized carbons (Fsp3) is 0.440. The Labute approximate surface area is 173 Å². The predicted molar refractivity (Wildman–Crippen MR) is 120 cm³/mol. The predicted octanol–water partition coefficient (Wildman–Crippen LogP) is 4.27. The normalized spacial score (nSPS) is 17.1. The van der Waals surface area contributed by atoms with Gasteiger partial charge >= 0.3 is 0 Å². The van der Waals surface area contributed by atoms with Crippen molar-refractivity contribution in [3.63, 3.8) is 0 Å². The summed E-state index contributed by atoms with van der Waals surface area (Å²) in [4.78, 5) is 5.12. The van der Waals surface area contributed by atoms with Gasteiger partial charge in [0.1, 0.15) is 5.75 Å². The molecule has 2 aliphatic heterocycles. The number of methoxy groups -OCH3 is 1. The topological polar surface area (TPSA) is 20.6 Å². The SMILES string of the molecule is COc1ccc(N2CCN(CCc3c(C)n4c5c(cccc35)CCC4)CC2)cc1. The summed E-state index contributed by atoms with van der Waals surface area (Å²) in [5.74, 6) is 0.925. The van der Waals surface area contributed by atoms with E-state index in [4.69, 9.17) is 4.74 Å². The van der Waals surface area contributed by atoms with E-state index in [1.165, 1.54) is 47.2 Å². The van der Waals surface area contributed by atoms with Crippen LogP contribution in [0.5, 0.6) is 5.75 Å². The lowest BCUT2D eigenvalue weighted by Gasteiger charge is -2.36. The Morgan fingerprint density at radius 3 is 2.48 bits per heavy atom. The number of para-hydroxylation sites is 1. The highest BCUT2D eigenvalue weighted by atomic mass is 16.5. The van der Waals surface area contributed by atoms with Gasteiger partial charge in [0.25, 0.3) is 0 Å². The molecular formula is C25H31N3O. The molecule has 2 aliphatic rings. The van der Waals surface area contributed by atoms with Crippen LogP contribution in [0.1, 0.15) is 23.2 Å². The first-order chi connectivity index (χ1) is 14.2. The van der Waals surface area contributed by atoms with Crippen molar-refractivity contribution in [3.8, 4) is 5.75 Å². The Balaban J connectivity index is 1.24. The summed E-state index contributed by atoms with van der Waals surface area (Å²) in [6, 6.07) is 15.4. The molecule has 0 unspecified atom stereocenters. The highest BCUT2D eigenvalue weighted by Gasteiger charge is 2.21. The minimum Gasteiger partial charge on any atom is -0.497 e.